The maximum absolute atomic E-state index is 11.8. The quantitative estimate of drug-likeness (QED) is 0.267. The number of aromatic hydroxyl groups is 2. The first-order chi connectivity index (χ1) is 11.7. The van der Waals surface area contributed by atoms with Gasteiger partial charge in [0, 0.05) is 6.07 Å². The minimum Gasteiger partial charge on any atom is -0.507 e. The van der Waals surface area contributed by atoms with E-state index in [1.807, 2.05) is 0 Å². The molecule has 10 nitrogen and oxygen atoms in total. The van der Waals surface area contributed by atoms with E-state index in [1.54, 1.807) is 0 Å². The Kier molecular flexibility index (Phi) is 4.98. The third-order valence-corrected chi connectivity index (χ3v) is 4.20. The molecule has 0 atom stereocenters. The zero-order valence-corrected chi connectivity index (χ0v) is 13.4. The first-order valence-electron chi connectivity index (χ1n) is 6.62. The van der Waals surface area contributed by atoms with Gasteiger partial charge in [0.25, 0.3) is 10.0 Å². The van der Waals surface area contributed by atoms with E-state index in [0.717, 1.165) is 12.1 Å². The van der Waals surface area contributed by atoms with Crippen molar-refractivity contribution in [1.82, 2.24) is 0 Å². The molecule has 25 heavy (non-hydrogen) atoms. The van der Waals surface area contributed by atoms with Crippen LogP contribution in [0.15, 0.2) is 55.9 Å². The Bertz CT molecular complexity index is 964. The van der Waals surface area contributed by atoms with Crippen molar-refractivity contribution in [3.63, 3.8) is 0 Å². The lowest BCUT2D eigenvalue weighted by Crippen LogP contribution is -2.24. The molecule has 0 spiro atoms. The summed E-state index contributed by atoms with van der Waals surface area (Å²) in [6.07, 6.45) is 0.400. The van der Waals surface area contributed by atoms with Crippen molar-refractivity contribution < 1.29 is 23.4 Å². The predicted molar refractivity (Wildman–Crippen MR) is 88.8 cm³/mol. The van der Waals surface area contributed by atoms with Crippen molar-refractivity contribution >= 4 is 33.6 Å². The minimum atomic E-state index is -4.00. The van der Waals surface area contributed by atoms with E-state index in [9.17, 15) is 23.4 Å². The van der Waals surface area contributed by atoms with Gasteiger partial charge in [0.05, 0.1) is 16.1 Å². The summed E-state index contributed by atoms with van der Waals surface area (Å²) in [5.74, 6) is -1.35. The van der Waals surface area contributed by atoms with Crippen LogP contribution < -0.4 is 11.5 Å². The lowest BCUT2D eigenvalue weighted by molar-refractivity contribution is 0.112. The van der Waals surface area contributed by atoms with Gasteiger partial charge in [0.1, 0.15) is 17.2 Å². The van der Waals surface area contributed by atoms with Crippen LogP contribution in [0.1, 0.15) is 10.4 Å². The molecule has 2 aromatic carbocycles. The molecule has 0 heterocycles. The van der Waals surface area contributed by atoms with Crippen LogP contribution in [0.2, 0.25) is 0 Å². The van der Waals surface area contributed by atoms with E-state index in [0.29, 0.717) is 6.29 Å². The number of carbonyl (C=O) groups excluding carboxylic acids is 1. The number of phenolic OH excluding ortho intramolecular Hbond substituents is 2. The van der Waals surface area contributed by atoms with E-state index in [1.165, 1.54) is 24.3 Å². The Hall–Kier alpha value is -3.47. The van der Waals surface area contributed by atoms with Crippen molar-refractivity contribution in [2.24, 2.45) is 26.1 Å². The lowest BCUT2D eigenvalue weighted by atomic mass is 10.2. The summed E-state index contributed by atoms with van der Waals surface area (Å²) in [7, 11) is -4.00. The average molecular weight is 363 g/mol. The van der Waals surface area contributed by atoms with Crippen molar-refractivity contribution in [3.8, 4) is 11.5 Å². The van der Waals surface area contributed by atoms with Crippen LogP contribution in [0.3, 0.4) is 0 Å². The molecule has 0 unspecified atom stereocenters. The summed E-state index contributed by atoms with van der Waals surface area (Å²) in [5.41, 5.74) is 10.3. The number of phenols is 2. The summed E-state index contributed by atoms with van der Waals surface area (Å²) >= 11 is 0. The van der Waals surface area contributed by atoms with Gasteiger partial charge in [-0.25, -0.2) is 0 Å². The number of hydrogen-bond acceptors (Lipinski definition) is 7. The second-order valence-electron chi connectivity index (χ2n) is 4.70. The molecule has 0 fully saturated rings. The van der Waals surface area contributed by atoms with E-state index < -0.39 is 16.0 Å². The zero-order chi connectivity index (χ0) is 18.6. The van der Waals surface area contributed by atoms with Crippen molar-refractivity contribution in [2.75, 3.05) is 0 Å². The van der Waals surface area contributed by atoms with Gasteiger partial charge in [-0.05, 0) is 30.3 Å². The Balaban J connectivity index is 2.29. The van der Waals surface area contributed by atoms with Crippen molar-refractivity contribution in [2.45, 2.75) is 4.90 Å². The van der Waals surface area contributed by atoms with Crippen molar-refractivity contribution in [1.29, 1.82) is 0 Å². The highest BCUT2D eigenvalue weighted by Gasteiger charge is 2.13. The topological polar surface area (TPSA) is 181 Å². The summed E-state index contributed by atoms with van der Waals surface area (Å²) in [6, 6.07) is 7.25. The van der Waals surface area contributed by atoms with E-state index in [2.05, 4.69) is 14.6 Å². The monoisotopic (exact) mass is 363 g/mol. The molecule has 6 N–H and O–H groups in total. The van der Waals surface area contributed by atoms with Gasteiger partial charge >= 0.3 is 0 Å². The number of rotatable bonds is 5. The summed E-state index contributed by atoms with van der Waals surface area (Å²) in [5, 5.41) is 26.7. The van der Waals surface area contributed by atoms with Gasteiger partial charge in [-0.3, -0.25) is 4.79 Å². The first kappa shape index (κ1) is 17.9. The van der Waals surface area contributed by atoms with E-state index in [-0.39, 0.29) is 33.3 Å². The van der Waals surface area contributed by atoms with Gasteiger partial charge in [-0.1, -0.05) is 0 Å². The fourth-order valence-corrected chi connectivity index (χ4v) is 2.61. The molecule has 0 saturated carbocycles. The SMILES string of the molecule is NC(N)=NS(=O)(=O)c1ccc(N=Nc2cc(C=O)c(O)cc2O)cc1. The molecule has 0 bridgehead atoms. The number of sulfonamides is 1. The largest absolute Gasteiger partial charge is 0.507 e. The summed E-state index contributed by atoms with van der Waals surface area (Å²) in [6.45, 7) is 0. The highest BCUT2D eigenvalue weighted by Crippen LogP contribution is 2.33. The van der Waals surface area contributed by atoms with Gasteiger partial charge in [-0.2, -0.15) is 13.5 Å². The van der Waals surface area contributed by atoms with Crippen LogP contribution in [0.5, 0.6) is 11.5 Å². The van der Waals surface area contributed by atoms with Gasteiger partial charge < -0.3 is 21.7 Å². The van der Waals surface area contributed by atoms with Gasteiger partial charge in [0.2, 0.25) is 5.96 Å². The fourth-order valence-electron chi connectivity index (χ4n) is 1.74. The third kappa shape index (κ3) is 4.29. The smallest absolute Gasteiger partial charge is 0.285 e. The molecule has 0 aromatic heterocycles. The third-order valence-electron chi connectivity index (χ3n) is 2.88. The number of guanidine groups is 1. The van der Waals surface area contributed by atoms with Crippen LogP contribution in [0.25, 0.3) is 0 Å². The molecule has 2 rings (SSSR count). The number of carbonyl (C=O) groups is 1. The molecule has 130 valence electrons. The number of aldehydes is 1. The Morgan fingerprint density at radius 2 is 1.64 bits per heavy atom. The Morgan fingerprint density at radius 3 is 2.20 bits per heavy atom. The number of nitrogens with two attached hydrogens (primary N) is 2. The fraction of sp³-hybridized carbons (Fsp3) is 0. The number of benzene rings is 2. The molecule has 11 heteroatoms. The molecule has 0 aliphatic heterocycles. The van der Waals surface area contributed by atoms with Crippen LogP contribution in [0.4, 0.5) is 11.4 Å². The zero-order valence-electron chi connectivity index (χ0n) is 12.6. The van der Waals surface area contributed by atoms with Gasteiger partial charge in [-0.15, -0.1) is 9.51 Å². The first-order valence-corrected chi connectivity index (χ1v) is 8.06. The van der Waals surface area contributed by atoms with Crippen molar-refractivity contribution in [3.05, 3.63) is 42.0 Å². The molecule has 0 amide bonds. The van der Waals surface area contributed by atoms with Crippen LogP contribution >= 0.6 is 0 Å². The standard InChI is InChI=1S/C14H13N5O5S/c15-14(16)19-25(23,24)10-3-1-9(2-4-10)17-18-11-5-8(7-20)12(21)6-13(11)22/h1-7,21-22H,(H4,15,16,19). The summed E-state index contributed by atoms with van der Waals surface area (Å²) in [4.78, 5) is 10.6. The molecule has 0 radical (unpaired) electrons. The number of hydrogen-bond donors (Lipinski definition) is 4. The minimum absolute atomic E-state index is 0.0443. The maximum atomic E-state index is 11.8. The second kappa shape index (κ2) is 6.97. The number of azo groups is 1. The van der Waals surface area contributed by atoms with E-state index >= 15 is 0 Å². The van der Waals surface area contributed by atoms with Crippen LogP contribution in [0, 0.1) is 0 Å². The van der Waals surface area contributed by atoms with E-state index in [4.69, 9.17) is 11.5 Å². The lowest BCUT2D eigenvalue weighted by Gasteiger charge is -2.02. The normalized spacial score (nSPS) is 11.4. The summed E-state index contributed by atoms with van der Waals surface area (Å²) < 4.78 is 26.7. The maximum Gasteiger partial charge on any atom is 0.285 e. The molecular formula is C14H13N5O5S. The molecule has 0 saturated heterocycles. The second-order valence-corrected chi connectivity index (χ2v) is 6.31. The molecule has 0 aliphatic carbocycles. The highest BCUT2D eigenvalue weighted by atomic mass is 32.2. The number of nitrogens with zero attached hydrogens (tertiary/aromatic N) is 3. The Labute approximate surface area is 142 Å². The van der Waals surface area contributed by atoms with Crippen LogP contribution in [-0.2, 0) is 10.0 Å². The molecular weight excluding hydrogens is 350 g/mol. The molecule has 0 aliphatic rings. The van der Waals surface area contributed by atoms with Gasteiger partial charge in [0.15, 0.2) is 6.29 Å². The van der Waals surface area contributed by atoms with Crippen LogP contribution in [-0.4, -0.2) is 30.9 Å². The Morgan fingerprint density at radius 1 is 1.00 bits per heavy atom. The predicted octanol–water partition coefficient (Wildman–Crippen LogP) is 1.29. The average Bonchev–Trinajstić information content (AvgIpc) is 2.53. The highest BCUT2D eigenvalue weighted by molar-refractivity contribution is 7.90. The molecule has 2 aromatic rings.